The molecule has 0 saturated heterocycles. The lowest BCUT2D eigenvalue weighted by Crippen LogP contribution is -2.37. The van der Waals surface area contributed by atoms with Gasteiger partial charge in [-0.05, 0) is 19.1 Å². The van der Waals surface area contributed by atoms with E-state index in [1.54, 1.807) is 30.5 Å². The Morgan fingerprint density at radius 1 is 1.36 bits per heavy atom. The smallest absolute Gasteiger partial charge is 0.191 e. The molecule has 0 aliphatic rings. The summed E-state index contributed by atoms with van der Waals surface area (Å²) in [5.74, 6) is 1.31. The van der Waals surface area contributed by atoms with Crippen molar-refractivity contribution in [2.24, 2.45) is 4.99 Å². The molecule has 0 radical (unpaired) electrons. The maximum Gasteiger partial charge on any atom is 0.191 e. The predicted octanol–water partition coefficient (Wildman–Crippen LogP) is 3.05. The first-order chi connectivity index (χ1) is 10.7. The molecule has 118 valence electrons. The Morgan fingerprint density at radius 3 is 2.86 bits per heavy atom. The van der Waals surface area contributed by atoms with Crippen molar-refractivity contribution < 1.29 is 4.39 Å². The molecule has 1 aromatic carbocycles. The second-order valence-corrected chi connectivity index (χ2v) is 6.95. The van der Waals surface area contributed by atoms with E-state index in [4.69, 9.17) is 0 Å². The molecule has 0 saturated carbocycles. The molecule has 0 aliphatic carbocycles. The third kappa shape index (κ3) is 5.31. The van der Waals surface area contributed by atoms with Crippen LogP contribution in [-0.4, -0.2) is 30.3 Å². The topological polar surface area (TPSA) is 49.3 Å². The number of halogens is 1. The van der Waals surface area contributed by atoms with E-state index < -0.39 is 0 Å². The molecule has 0 amide bonds. The van der Waals surface area contributed by atoms with Crippen LogP contribution >= 0.6 is 23.1 Å². The van der Waals surface area contributed by atoms with Crippen LogP contribution in [0.25, 0.3) is 0 Å². The van der Waals surface area contributed by atoms with Gasteiger partial charge < -0.3 is 10.6 Å². The van der Waals surface area contributed by atoms with Gasteiger partial charge in [0.1, 0.15) is 10.8 Å². The van der Waals surface area contributed by atoms with Crippen LogP contribution in [0, 0.1) is 12.7 Å². The van der Waals surface area contributed by atoms with E-state index in [-0.39, 0.29) is 5.82 Å². The second-order valence-electron chi connectivity index (χ2n) is 4.50. The van der Waals surface area contributed by atoms with Gasteiger partial charge in [-0.3, -0.25) is 4.99 Å². The first kappa shape index (κ1) is 16.8. The number of hydrogen-bond acceptors (Lipinski definition) is 4. The Balaban J connectivity index is 1.69. The summed E-state index contributed by atoms with van der Waals surface area (Å²) in [4.78, 5) is 10.3. The molecular weight excluding hydrogens is 319 g/mol. The molecule has 0 unspecified atom stereocenters. The molecule has 1 aromatic heterocycles. The van der Waals surface area contributed by atoms with Gasteiger partial charge in [-0.25, -0.2) is 9.37 Å². The van der Waals surface area contributed by atoms with Crippen LogP contribution in [0.1, 0.15) is 9.88 Å². The van der Waals surface area contributed by atoms with Crippen LogP contribution in [0.4, 0.5) is 4.39 Å². The fourth-order valence-corrected chi connectivity index (χ4v) is 3.29. The number of benzene rings is 1. The molecule has 22 heavy (non-hydrogen) atoms. The minimum absolute atomic E-state index is 0.172. The van der Waals surface area contributed by atoms with E-state index in [1.807, 2.05) is 19.2 Å². The summed E-state index contributed by atoms with van der Waals surface area (Å²) in [5.41, 5.74) is 0. The van der Waals surface area contributed by atoms with Crippen LogP contribution in [0.15, 0.2) is 40.4 Å². The molecule has 0 bridgehead atoms. The fraction of sp³-hybridized carbons (Fsp3) is 0.333. The average molecular weight is 338 g/mol. The number of aryl methyl sites for hydroxylation is 1. The number of aromatic nitrogens is 1. The minimum atomic E-state index is -0.172. The van der Waals surface area contributed by atoms with Crippen LogP contribution in [0.5, 0.6) is 0 Å². The second kappa shape index (κ2) is 8.75. The third-order valence-electron chi connectivity index (χ3n) is 2.79. The first-order valence-corrected chi connectivity index (χ1v) is 8.72. The summed E-state index contributed by atoms with van der Waals surface area (Å²) in [7, 11) is 1.73. The molecule has 0 aliphatic heterocycles. The molecule has 1 heterocycles. The maximum absolute atomic E-state index is 13.5. The lowest BCUT2D eigenvalue weighted by atomic mass is 10.3. The zero-order valence-electron chi connectivity index (χ0n) is 12.6. The number of nitrogens with one attached hydrogen (secondary N) is 2. The van der Waals surface area contributed by atoms with Crippen LogP contribution in [0.2, 0.25) is 0 Å². The van der Waals surface area contributed by atoms with Crippen LogP contribution < -0.4 is 10.6 Å². The Hall–Kier alpha value is -1.60. The van der Waals surface area contributed by atoms with Gasteiger partial charge in [-0.2, -0.15) is 0 Å². The van der Waals surface area contributed by atoms with Gasteiger partial charge in [0.05, 0.1) is 6.54 Å². The third-order valence-corrected chi connectivity index (χ3v) is 4.75. The van der Waals surface area contributed by atoms with E-state index in [1.165, 1.54) is 22.7 Å². The number of guanidine groups is 1. The summed E-state index contributed by atoms with van der Waals surface area (Å²) < 4.78 is 13.5. The van der Waals surface area contributed by atoms with E-state index in [0.717, 1.165) is 16.7 Å². The molecule has 0 atom stereocenters. The lowest BCUT2D eigenvalue weighted by Gasteiger charge is -2.10. The normalized spacial score (nSPS) is 11.5. The maximum atomic E-state index is 13.5. The van der Waals surface area contributed by atoms with Crippen molar-refractivity contribution in [3.05, 3.63) is 46.2 Å². The Labute approximate surface area is 138 Å². The number of thiazole rings is 1. The van der Waals surface area contributed by atoms with Crippen molar-refractivity contribution >= 4 is 29.1 Å². The molecule has 0 spiro atoms. The summed E-state index contributed by atoms with van der Waals surface area (Å²) in [6.07, 6.45) is 1.86. The lowest BCUT2D eigenvalue weighted by molar-refractivity contribution is 0.602. The summed E-state index contributed by atoms with van der Waals surface area (Å²) in [6.45, 7) is 3.39. The van der Waals surface area contributed by atoms with E-state index in [2.05, 4.69) is 20.6 Å². The number of thioether (sulfide) groups is 1. The van der Waals surface area contributed by atoms with Gasteiger partial charge in [-0.15, -0.1) is 23.1 Å². The summed E-state index contributed by atoms with van der Waals surface area (Å²) in [5, 5.41) is 7.45. The van der Waals surface area contributed by atoms with Crippen molar-refractivity contribution in [3.8, 4) is 0 Å². The van der Waals surface area contributed by atoms with Crippen LogP contribution in [0.3, 0.4) is 0 Å². The Morgan fingerprint density at radius 2 is 2.18 bits per heavy atom. The number of rotatable bonds is 6. The highest BCUT2D eigenvalue weighted by Crippen LogP contribution is 2.20. The molecule has 2 N–H and O–H groups in total. The highest BCUT2D eigenvalue weighted by Gasteiger charge is 2.03. The number of aliphatic imine (C=N–C) groups is 1. The van der Waals surface area contributed by atoms with Crippen molar-refractivity contribution in [2.75, 3.05) is 19.3 Å². The molecule has 2 rings (SSSR count). The van der Waals surface area contributed by atoms with Gasteiger partial charge in [0.2, 0.25) is 0 Å². The van der Waals surface area contributed by atoms with Gasteiger partial charge in [0.15, 0.2) is 5.96 Å². The average Bonchev–Trinajstić information content (AvgIpc) is 2.94. The summed E-state index contributed by atoms with van der Waals surface area (Å²) in [6, 6.07) is 6.81. The van der Waals surface area contributed by atoms with Crippen molar-refractivity contribution in [1.82, 2.24) is 15.6 Å². The van der Waals surface area contributed by atoms with E-state index in [0.29, 0.717) is 18.0 Å². The number of nitrogens with zero attached hydrogens (tertiary/aromatic N) is 2. The largest absolute Gasteiger partial charge is 0.356 e. The Kier molecular flexibility index (Phi) is 6.67. The molecule has 4 nitrogen and oxygen atoms in total. The van der Waals surface area contributed by atoms with Crippen molar-refractivity contribution in [1.29, 1.82) is 0 Å². The van der Waals surface area contributed by atoms with Gasteiger partial charge >= 0.3 is 0 Å². The van der Waals surface area contributed by atoms with Gasteiger partial charge in [0.25, 0.3) is 0 Å². The molecule has 0 fully saturated rings. The highest BCUT2D eigenvalue weighted by atomic mass is 32.2. The molecule has 7 heteroatoms. The highest BCUT2D eigenvalue weighted by molar-refractivity contribution is 7.99. The summed E-state index contributed by atoms with van der Waals surface area (Å²) >= 11 is 3.15. The minimum Gasteiger partial charge on any atom is -0.356 e. The van der Waals surface area contributed by atoms with E-state index >= 15 is 0 Å². The first-order valence-electron chi connectivity index (χ1n) is 6.92. The molecular formula is C15H19FN4S2. The molecule has 2 aromatic rings. The van der Waals surface area contributed by atoms with Gasteiger partial charge in [-0.1, -0.05) is 12.1 Å². The van der Waals surface area contributed by atoms with Crippen molar-refractivity contribution in [2.45, 2.75) is 18.4 Å². The number of hydrogen-bond donors (Lipinski definition) is 2. The van der Waals surface area contributed by atoms with E-state index in [9.17, 15) is 4.39 Å². The monoisotopic (exact) mass is 338 g/mol. The zero-order chi connectivity index (χ0) is 15.8. The standard InChI is InChI=1S/C15H19FN4S2/c1-11-9-19-14(22-11)10-20-15(17-2)18-7-8-21-13-6-4-3-5-12(13)16/h3-6,9H,7-8,10H2,1-2H3,(H2,17,18,20). The predicted molar refractivity (Wildman–Crippen MR) is 92.2 cm³/mol. The van der Waals surface area contributed by atoms with Crippen molar-refractivity contribution in [3.63, 3.8) is 0 Å². The fourth-order valence-electron chi connectivity index (χ4n) is 1.76. The Bertz CT molecular complexity index is 628. The zero-order valence-corrected chi connectivity index (χ0v) is 14.2. The quantitative estimate of drug-likeness (QED) is 0.368. The van der Waals surface area contributed by atoms with Gasteiger partial charge in [0, 0.05) is 35.3 Å². The van der Waals surface area contributed by atoms with Crippen LogP contribution in [-0.2, 0) is 6.54 Å². The SMILES string of the molecule is CN=C(NCCSc1ccccc1F)NCc1ncc(C)s1.